The van der Waals surface area contributed by atoms with Gasteiger partial charge in [-0.15, -0.1) is 0 Å². The van der Waals surface area contributed by atoms with Gasteiger partial charge in [-0.3, -0.25) is 0 Å². The Labute approximate surface area is 85.2 Å². The maximum absolute atomic E-state index is 8.66. The maximum atomic E-state index is 8.66. The van der Waals surface area contributed by atoms with Gasteiger partial charge in [0, 0.05) is 5.41 Å². The Kier molecular flexibility index (Phi) is 12.6. The van der Waals surface area contributed by atoms with E-state index >= 15 is 0 Å². The molecule has 0 radical (unpaired) electrons. The second-order valence-electron chi connectivity index (χ2n) is 2.90. The van der Waals surface area contributed by atoms with Crippen LogP contribution in [0.25, 0.3) is 0 Å². The summed E-state index contributed by atoms with van der Waals surface area (Å²) in [5, 5.41) is 26.0. The SMILES string of the molecule is CCC(CO)(CO)CO.CCOOC. The normalized spacial score (nSPS) is 10.7. The first-order valence-electron chi connectivity index (χ1n) is 4.64. The zero-order valence-electron chi connectivity index (χ0n) is 9.19. The number of hydrogen-bond acceptors (Lipinski definition) is 5. The molecule has 0 rings (SSSR count). The van der Waals surface area contributed by atoms with Crippen LogP contribution < -0.4 is 0 Å². The van der Waals surface area contributed by atoms with Crippen LogP contribution in [-0.2, 0) is 9.78 Å². The van der Waals surface area contributed by atoms with Crippen molar-refractivity contribution in [1.82, 2.24) is 0 Å². The standard InChI is InChI=1S/C6H14O3.C3H8O2/c1-2-6(3-7,4-8)5-9;1-3-5-4-2/h7-9H,2-5H2,1H3;3H2,1-2H3. The highest BCUT2D eigenvalue weighted by Crippen LogP contribution is 2.18. The van der Waals surface area contributed by atoms with Crippen LogP contribution in [0, 0.1) is 5.41 Å². The van der Waals surface area contributed by atoms with Crippen LogP contribution in [0.1, 0.15) is 20.3 Å². The lowest BCUT2D eigenvalue weighted by molar-refractivity contribution is -0.268. The van der Waals surface area contributed by atoms with Crippen LogP contribution in [0.2, 0.25) is 0 Å². The Morgan fingerprint density at radius 3 is 1.43 bits per heavy atom. The van der Waals surface area contributed by atoms with Gasteiger partial charge >= 0.3 is 0 Å². The van der Waals surface area contributed by atoms with Gasteiger partial charge < -0.3 is 15.3 Å². The summed E-state index contributed by atoms with van der Waals surface area (Å²) in [6.45, 7) is 3.84. The molecule has 0 aliphatic heterocycles. The van der Waals surface area contributed by atoms with Crippen LogP contribution in [0.15, 0.2) is 0 Å². The first-order chi connectivity index (χ1) is 6.66. The van der Waals surface area contributed by atoms with Crippen LogP contribution >= 0.6 is 0 Å². The molecule has 0 aromatic carbocycles. The molecular formula is C9H22O5. The van der Waals surface area contributed by atoms with Crippen molar-refractivity contribution in [3.8, 4) is 0 Å². The van der Waals surface area contributed by atoms with E-state index in [-0.39, 0.29) is 19.8 Å². The van der Waals surface area contributed by atoms with Crippen molar-refractivity contribution in [3.05, 3.63) is 0 Å². The average molecular weight is 210 g/mol. The fourth-order valence-corrected chi connectivity index (χ4v) is 0.603. The van der Waals surface area contributed by atoms with Crippen molar-refractivity contribution >= 4 is 0 Å². The highest BCUT2D eigenvalue weighted by atomic mass is 17.2. The van der Waals surface area contributed by atoms with E-state index in [9.17, 15) is 0 Å². The van der Waals surface area contributed by atoms with E-state index in [4.69, 9.17) is 15.3 Å². The topological polar surface area (TPSA) is 79.2 Å². The van der Waals surface area contributed by atoms with Gasteiger partial charge in [0.05, 0.1) is 33.5 Å². The summed E-state index contributed by atoms with van der Waals surface area (Å²) >= 11 is 0. The zero-order chi connectivity index (χ0) is 11.4. The molecule has 14 heavy (non-hydrogen) atoms. The predicted octanol–water partition coefficient (Wildman–Crippen LogP) is -0.0560. The molecule has 0 aromatic rings. The maximum Gasteiger partial charge on any atom is 0.0794 e. The van der Waals surface area contributed by atoms with Gasteiger partial charge in [-0.25, -0.2) is 9.78 Å². The molecule has 0 heterocycles. The Hall–Kier alpha value is -0.200. The minimum Gasteiger partial charge on any atom is -0.396 e. The third-order valence-electron chi connectivity index (χ3n) is 1.99. The first kappa shape index (κ1) is 16.2. The van der Waals surface area contributed by atoms with Crippen molar-refractivity contribution in [2.75, 3.05) is 33.5 Å². The largest absolute Gasteiger partial charge is 0.396 e. The van der Waals surface area contributed by atoms with E-state index in [1.54, 1.807) is 0 Å². The molecular weight excluding hydrogens is 188 g/mol. The van der Waals surface area contributed by atoms with Crippen LogP contribution in [0.3, 0.4) is 0 Å². The fourth-order valence-electron chi connectivity index (χ4n) is 0.603. The van der Waals surface area contributed by atoms with Crippen LogP contribution in [-0.4, -0.2) is 48.9 Å². The number of aliphatic hydroxyl groups excluding tert-OH is 3. The lowest BCUT2D eigenvalue weighted by atomic mass is 9.88. The molecule has 0 amide bonds. The smallest absolute Gasteiger partial charge is 0.0794 e. The Bertz CT molecular complexity index is 83.9. The Morgan fingerprint density at radius 1 is 1.00 bits per heavy atom. The third kappa shape index (κ3) is 7.23. The summed E-state index contributed by atoms with van der Waals surface area (Å²) in [7, 11) is 1.49. The predicted molar refractivity (Wildman–Crippen MR) is 52.6 cm³/mol. The van der Waals surface area contributed by atoms with Crippen molar-refractivity contribution in [3.63, 3.8) is 0 Å². The molecule has 0 saturated heterocycles. The molecule has 3 N–H and O–H groups in total. The monoisotopic (exact) mass is 210 g/mol. The second kappa shape index (κ2) is 10.9. The van der Waals surface area contributed by atoms with E-state index in [0.717, 1.165) is 0 Å². The minimum absolute atomic E-state index is 0.156. The van der Waals surface area contributed by atoms with Gasteiger partial charge in [0.25, 0.3) is 0 Å². The quantitative estimate of drug-likeness (QED) is 0.423. The van der Waals surface area contributed by atoms with Gasteiger partial charge in [0.2, 0.25) is 0 Å². The molecule has 0 aromatic heterocycles. The lowest BCUT2D eigenvalue weighted by Crippen LogP contribution is -2.32. The summed E-state index contributed by atoms with van der Waals surface area (Å²) in [5.41, 5.74) is -0.667. The van der Waals surface area contributed by atoms with Crippen molar-refractivity contribution in [2.24, 2.45) is 5.41 Å². The van der Waals surface area contributed by atoms with E-state index in [1.807, 2.05) is 13.8 Å². The van der Waals surface area contributed by atoms with Gasteiger partial charge in [0.1, 0.15) is 0 Å². The summed E-state index contributed by atoms with van der Waals surface area (Å²) in [5.74, 6) is 0. The first-order valence-corrected chi connectivity index (χ1v) is 4.64. The van der Waals surface area contributed by atoms with Gasteiger partial charge in [-0.1, -0.05) is 6.92 Å². The molecule has 0 aliphatic rings. The van der Waals surface area contributed by atoms with Gasteiger partial charge in [-0.2, -0.15) is 0 Å². The minimum atomic E-state index is -0.667. The fraction of sp³-hybridized carbons (Fsp3) is 1.00. The molecule has 88 valence electrons. The summed E-state index contributed by atoms with van der Waals surface area (Å²) in [4.78, 5) is 8.52. The third-order valence-corrected chi connectivity index (χ3v) is 1.99. The van der Waals surface area contributed by atoms with Crippen LogP contribution in [0.5, 0.6) is 0 Å². The number of rotatable bonds is 6. The van der Waals surface area contributed by atoms with E-state index in [0.29, 0.717) is 13.0 Å². The van der Waals surface area contributed by atoms with E-state index < -0.39 is 5.41 Å². The Balaban J connectivity index is 0. The van der Waals surface area contributed by atoms with E-state index in [2.05, 4.69) is 9.78 Å². The molecule has 0 unspecified atom stereocenters. The zero-order valence-corrected chi connectivity index (χ0v) is 9.19. The lowest BCUT2D eigenvalue weighted by Gasteiger charge is -2.24. The van der Waals surface area contributed by atoms with Gasteiger partial charge in [0.15, 0.2) is 0 Å². The Morgan fingerprint density at radius 2 is 1.43 bits per heavy atom. The van der Waals surface area contributed by atoms with Crippen molar-refractivity contribution < 1.29 is 25.1 Å². The highest BCUT2D eigenvalue weighted by molar-refractivity contribution is 4.74. The van der Waals surface area contributed by atoms with Crippen LogP contribution in [0.4, 0.5) is 0 Å². The molecule has 5 heteroatoms. The highest BCUT2D eigenvalue weighted by Gasteiger charge is 2.24. The molecule has 0 fully saturated rings. The average Bonchev–Trinajstić information content (AvgIpc) is 2.24. The molecule has 0 atom stereocenters. The molecule has 0 spiro atoms. The van der Waals surface area contributed by atoms with E-state index in [1.165, 1.54) is 7.11 Å². The summed E-state index contributed by atoms with van der Waals surface area (Å²) in [6.07, 6.45) is 0.594. The van der Waals surface area contributed by atoms with Crippen molar-refractivity contribution in [2.45, 2.75) is 20.3 Å². The molecule has 0 bridgehead atoms. The number of hydrogen-bond donors (Lipinski definition) is 3. The van der Waals surface area contributed by atoms with Gasteiger partial charge in [-0.05, 0) is 13.3 Å². The molecule has 0 aliphatic carbocycles. The summed E-state index contributed by atoms with van der Waals surface area (Å²) < 4.78 is 0. The molecule has 5 nitrogen and oxygen atoms in total. The second-order valence-corrected chi connectivity index (χ2v) is 2.90. The summed E-state index contributed by atoms with van der Waals surface area (Å²) in [6, 6.07) is 0. The van der Waals surface area contributed by atoms with Crippen molar-refractivity contribution in [1.29, 1.82) is 0 Å². The number of aliphatic hydroxyl groups is 3. The molecule has 0 saturated carbocycles.